The van der Waals surface area contributed by atoms with Crippen molar-refractivity contribution in [1.29, 1.82) is 0 Å². The first kappa shape index (κ1) is 16.3. The van der Waals surface area contributed by atoms with E-state index in [4.69, 9.17) is 16.3 Å². The lowest BCUT2D eigenvalue weighted by molar-refractivity contribution is 0.0933. The van der Waals surface area contributed by atoms with Crippen LogP contribution in [-0.2, 0) is 0 Å². The van der Waals surface area contributed by atoms with Crippen molar-refractivity contribution in [2.45, 2.75) is 20.3 Å². The van der Waals surface area contributed by atoms with E-state index in [1.807, 2.05) is 0 Å². The summed E-state index contributed by atoms with van der Waals surface area (Å²) in [6.45, 7) is 4.85. The lowest BCUT2D eigenvalue weighted by Crippen LogP contribution is -2.34. The van der Waals surface area contributed by atoms with Gasteiger partial charge in [0.2, 0.25) is 0 Å². The smallest absolute Gasteiger partial charge is 0.255 e. The van der Waals surface area contributed by atoms with Crippen LogP contribution < -0.4 is 10.1 Å². The predicted octanol–water partition coefficient (Wildman–Crippen LogP) is 3.89. The van der Waals surface area contributed by atoms with Crippen molar-refractivity contribution in [2.75, 3.05) is 19.0 Å². The van der Waals surface area contributed by atoms with Crippen molar-refractivity contribution in [3.05, 3.63) is 28.8 Å². The highest BCUT2D eigenvalue weighted by molar-refractivity contribution is 9.09. The molecule has 1 rings (SSSR count). The number of nitrogens with one attached hydrogen (secondary N) is 1. The molecule has 5 heteroatoms. The van der Waals surface area contributed by atoms with Gasteiger partial charge in [0.1, 0.15) is 5.75 Å². The molecule has 3 nitrogen and oxygen atoms in total. The van der Waals surface area contributed by atoms with Crippen molar-refractivity contribution in [3.63, 3.8) is 0 Å². The van der Waals surface area contributed by atoms with Gasteiger partial charge in [-0.25, -0.2) is 0 Å². The summed E-state index contributed by atoms with van der Waals surface area (Å²) in [6, 6.07) is 5.00. The fourth-order valence-electron chi connectivity index (χ4n) is 1.61. The van der Waals surface area contributed by atoms with Crippen LogP contribution in [0.25, 0.3) is 0 Å². The topological polar surface area (TPSA) is 38.3 Å². The predicted molar refractivity (Wildman–Crippen MR) is 82.5 cm³/mol. The summed E-state index contributed by atoms with van der Waals surface area (Å²) in [6.07, 6.45) is 0.991. The molecule has 0 saturated carbocycles. The number of benzene rings is 1. The Morgan fingerprint density at radius 1 is 1.47 bits per heavy atom. The fraction of sp³-hybridized carbons (Fsp3) is 0.500. The molecule has 1 aromatic carbocycles. The zero-order valence-electron chi connectivity index (χ0n) is 11.4. The molecular formula is C14H19BrClNO2. The molecule has 0 radical (unpaired) electrons. The maximum atomic E-state index is 12.1. The molecule has 0 bridgehead atoms. The third kappa shape index (κ3) is 5.03. The second-order valence-corrected chi connectivity index (χ2v) is 6.36. The SMILES string of the molecule is COc1cc(Cl)ccc1C(=O)NCC(C)(C)CCBr. The van der Waals surface area contributed by atoms with Gasteiger partial charge in [-0.15, -0.1) is 0 Å². The van der Waals surface area contributed by atoms with Gasteiger partial charge in [0.25, 0.3) is 5.91 Å². The molecule has 0 fully saturated rings. The van der Waals surface area contributed by atoms with Gasteiger partial charge in [-0.1, -0.05) is 41.4 Å². The normalized spacial score (nSPS) is 11.2. The highest BCUT2D eigenvalue weighted by atomic mass is 79.9. The van der Waals surface area contributed by atoms with E-state index in [-0.39, 0.29) is 11.3 Å². The standard InChI is InChI=1S/C14H19BrClNO2/c1-14(2,6-7-15)9-17-13(18)11-5-4-10(16)8-12(11)19-3/h4-5,8H,6-7,9H2,1-3H3,(H,17,18). The molecule has 0 atom stereocenters. The maximum Gasteiger partial charge on any atom is 0.255 e. The minimum absolute atomic E-state index is 0.0544. The first-order valence-electron chi connectivity index (χ1n) is 6.07. The highest BCUT2D eigenvalue weighted by Crippen LogP contribution is 2.24. The number of methoxy groups -OCH3 is 1. The van der Waals surface area contributed by atoms with E-state index in [2.05, 4.69) is 35.1 Å². The number of alkyl halides is 1. The van der Waals surface area contributed by atoms with Crippen LogP contribution in [0.2, 0.25) is 5.02 Å². The molecule has 0 heterocycles. The van der Waals surface area contributed by atoms with Crippen molar-refractivity contribution >= 4 is 33.4 Å². The summed E-state index contributed by atoms with van der Waals surface area (Å²) < 4.78 is 5.17. The summed E-state index contributed by atoms with van der Waals surface area (Å²) in [5, 5.41) is 4.40. The van der Waals surface area contributed by atoms with E-state index in [1.165, 1.54) is 7.11 Å². The van der Waals surface area contributed by atoms with E-state index in [0.29, 0.717) is 22.9 Å². The van der Waals surface area contributed by atoms with Gasteiger partial charge in [0, 0.05) is 16.9 Å². The summed E-state index contributed by atoms with van der Waals surface area (Å²) in [7, 11) is 1.53. The minimum atomic E-state index is -0.142. The average Bonchev–Trinajstić information content (AvgIpc) is 2.35. The van der Waals surface area contributed by atoms with Crippen LogP contribution in [0.15, 0.2) is 18.2 Å². The van der Waals surface area contributed by atoms with E-state index in [9.17, 15) is 4.79 Å². The number of hydrogen-bond acceptors (Lipinski definition) is 2. The van der Waals surface area contributed by atoms with Crippen LogP contribution in [0.3, 0.4) is 0 Å². The molecular weight excluding hydrogens is 330 g/mol. The summed E-state index contributed by atoms with van der Waals surface area (Å²) in [4.78, 5) is 12.1. The number of hydrogen-bond donors (Lipinski definition) is 1. The largest absolute Gasteiger partial charge is 0.496 e. The molecule has 0 unspecified atom stereocenters. The summed E-state index contributed by atoms with van der Waals surface area (Å²) in [5.41, 5.74) is 0.556. The van der Waals surface area contributed by atoms with Gasteiger partial charge < -0.3 is 10.1 Å². The zero-order valence-corrected chi connectivity index (χ0v) is 13.8. The number of carbonyl (C=O) groups is 1. The Hall–Kier alpha value is -0.740. The lowest BCUT2D eigenvalue weighted by atomic mass is 9.90. The Morgan fingerprint density at radius 2 is 2.16 bits per heavy atom. The monoisotopic (exact) mass is 347 g/mol. The third-order valence-corrected chi connectivity index (χ3v) is 3.54. The van der Waals surface area contributed by atoms with Gasteiger partial charge in [0.15, 0.2) is 0 Å². The molecule has 1 amide bonds. The Kier molecular flexibility index (Phi) is 6.14. The number of ether oxygens (including phenoxy) is 1. The van der Waals surface area contributed by atoms with Crippen molar-refractivity contribution < 1.29 is 9.53 Å². The second-order valence-electron chi connectivity index (χ2n) is 5.13. The van der Waals surface area contributed by atoms with Gasteiger partial charge in [-0.2, -0.15) is 0 Å². The van der Waals surface area contributed by atoms with E-state index in [1.54, 1.807) is 18.2 Å². The van der Waals surface area contributed by atoms with Crippen LogP contribution in [-0.4, -0.2) is 24.9 Å². The molecule has 0 aromatic heterocycles. The van der Waals surface area contributed by atoms with Crippen LogP contribution in [0.1, 0.15) is 30.6 Å². The Morgan fingerprint density at radius 3 is 2.74 bits per heavy atom. The van der Waals surface area contributed by atoms with Gasteiger partial charge in [-0.05, 0) is 30.0 Å². The number of halogens is 2. The van der Waals surface area contributed by atoms with E-state index >= 15 is 0 Å². The Balaban J connectivity index is 2.74. The number of rotatable bonds is 6. The molecule has 106 valence electrons. The third-order valence-electron chi connectivity index (χ3n) is 2.91. The van der Waals surface area contributed by atoms with Crippen molar-refractivity contribution in [3.8, 4) is 5.75 Å². The average molecular weight is 349 g/mol. The Bertz CT molecular complexity index is 449. The van der Waals surface area contributed by atoms with Gasteiger partial charge in [-0.3, -0.25) is 4.79 Å². The molecule has 0 saturated heterocycles. The summed E-state index contributed by atoms with van der Waals surface area (Å²) in [5.74, 6) is 0.347. The highest BCUT2D eigenvalue weighted by Gasteiger charge is 2.19. The quantitative estimate of drug-likeness (QED) is 0.792. The first-order valence-corrected chi connectivity index (χ1v) is 7.57. The maximum absolute atomic E-state index is 12.1. The molecule has 1 N–H and O–H groups in total. The molecule has 0 aliphatic carbocycles. The molecule has 0 aliphatic rings. The Labute approximate surface area is 127 Å². The first-order chi connectivity index (χ1) is 8.89. The molecule has 0 aliphatic heterocycles. The fourth-order valence-corrected chi connectivity index (χ4v) is 2.85. The van der Waals surface area contributed by atoms with Crippen LogP contribution >= 0.6 is 27.5 Å². The second kappa shape index (κ2) is 7.15. The lowest BCUT2D eigenvalue weighted by Gasteiger charge is -2.24. The van der Waals surface area contributed by atoms with Crippen molar-refractivity contribution in [2.24, 2.45) is 5.41 Å². The minimum Gasteiger partial charge on any atom is -0.496 e. The van der Waals surface area contributed by atoms with E-state index in [0.717, 1.165) is 11.8 Å². The summed E-state index contributed by atoms with van der Waals surface area (Å²) >= 11 is 9.29. The zero-order chi connectivity index (χ0) is 14.5. The van der Waals surface area contributed by atoms with E-state index < -0.39 is 0 Å². The van der Waals surface area contributed by atoms with Crippen LogP contribution in [0, 0.1) is 5.41 Å². The van der Waals surface area contributed by atoms with Gasteiger partial charge in [0.05, 0.1) is 12.7 Å². The number of amides is 1. The number of carbonyl (C=O) groups excluding carboxylic acids is 1. The molecule has 1 aromatic rings. The van der Waals surface area contributed by atoms with Crippen LogP contribution in [0.4, 0.5) is 0 Å². The van der Waals surface area contributed by atoms with Crippen LogP contribution in [0.5, 0.6) is 5.75 Å². The van der Waals surface area contributed by atoms with Crippen molar-refractivity contribution in [1.82, 2.24) is 5.32 Å². The molecule has 19 heavy (non-hydrogen) atoms. The van der Waals surface area contributed by atoms with Gasteiger partial charge >= 0.3 is 0 Å². The molecule has 0 spiro atoms.